The van der Waals surface area contributed by atoms with Crippen LogP contribution in [0, 0.1) is 0 Å². The topological polar surface area (TPSA) is 78.9 Å². The molecule has 0 rings (SSSR count). The van der Waals surface area contributed by atoms with E-state index in [1.54, 1.807) is 0 Å². The van der Waals surface area contributed by atoms with E-state index in [0.717, 1.165) is 83.5 Å². The molecule has 0 spiro atoms. The van der Waals surface area contributed by atoms with Crippen molar-refractivity contribution in [1.82, 2.24) is 0 Å². The number of unbranched alkanes of at least 4 members (excludes halogenated alkanes) is 25. The van der Waals surface area contributed by atoms with Crippen molar-refractivity contribution >= 4 is 17.9 Å². The Morgan fingerprint density at radius 2 is 0.597 bits per heavy atom. The summed E-state index contributed by atoms with van der Waals surface area (Å²) in [5, 5.41) is 0. The second-order valence-electron chi connectivity index (χ2n) is 18.5. The lowest BCUT2D eigenvalue weighted by Gasteiger charge is -2.18. The summed E-state index contributed by atoms with van der Waals surface area (Å²) in [6.07, 6.45) is 71.5. The molecule has 0 aromatic carbocycles. The number of carbonyl (C=O) groups excluding carboxylic acids is 3. The Hall–Kier alpha value is -3.41. The molecule has 0 radical (unpaired) electrons. The minimum atomic E-state index is -0.806. The van der Waals surface area contributed by atoms with Crippen molar-refractivity contribution < 1.29 is 28.6 Å². The Kier molecular flexibility index (Phi) is 52.4. The van der Waals surface area contributed by atoms with E-state index in [-0.39, 0.29) is 37.5 Å². The molecule has 0 amide bonds. The number of esters is 3. The Labute approximate surface area is 414 Å². The van der Waals surface area contributed by atoms with Gasteiger partial charge in [0.05, 0.1) is 0 Å². The van der Waals surface area contributed by atoms with Crippen LogP contribution in [0.1, 0.15) is 265 Å². The molecule has 0 aromatic heterocycles. The minimum Gasteiger partial charge on any atom is -0.462 e. The summed E-state index contributed by atoms with van der Waals surface area (Å²) in [7, 11) is 0. The van der Waals surface area contributed by atoms with Gasteiger partial charge in [-0.15, -0.1) is 0 Å². The van der Waals surface area contributed by atoms with Crippen LogP contribution in [0.2, 0.25) is 0 Å². The fraction of sp³-hybridized carbons (Fsp3) is 0.721. The normalized spacial score (nSPS) is 12.7. The molecule has 0 aliphatic heterocycles. The average Bonchev–Trinajstić information content (AvgIpc) is 3.33. The van der Waals surface area contributed by atoms with Crippen molar-refractivity contribution in [3.05, 3.63) is 85.1 Å². The largest absolute Gasteiger partial charge is 0.462 e. The first-order valence-electron chi connectivity index (χ1n) is 28.1. The van der Waals surface area contributed by atoms with E-state index in [2.05, 4.69) is 106 Å². The summed E-state index contributed by atoms with van der Waals surface area (Å²) < 4.78 is 16.8. The molecule has 0 saturated carbocycles. The molecule has 384 valence electrons. The molecule has 67 heavy (non-hydrogen) atoms. The second-order valence-corrected chi connectivity index (χ2v) is 18.5. The van der Waals surface area contributed by atoms with Crippen molar-refractivity contribution in [2.24, 2.45) is 0 Å². The molecule has 1 unspecified atom stereocenters. The first-order chi connectivity index (χ1) is 33.0. The summed E-state index contributed by atoms with van der Waals surface area (Å²) in [6.45, 7) is 6.47. The molecule has 0 saturated heterocycles. The van der Waals surface area contributed by atoms with Crippen LogP contribution in [0.25, 0.3) is 0 Å². The van der Waals surface area contributed by atoms with Gasteiger partial charge in [0.25, 0.3) is 0 Å². The van der Waals surface area contributed by atoms with Crippen molar-refractivity contribution in [1.29, 1.82) is 0 Å². The van der Waals surface area contributed by atoms with E-state index in [9.17, 15) is 14.4 Å². The van der Waals surface area contributed by atoms with Crippen LogP contribution in [0.3, 0.4) is 0 Å². The zero-order valence-corrected chi connectivity index (χ0v) is 43.9. The third-order valence-corrected chi connectivity index (χ3v) is 11.9. The van der Waals surface area contributed by atoms with Crippen LogP contribution in [0.5, 0.6) is 0 Å². The van der Waals surface area contributed by atoms with E-state index in [4.69, 9.17) is 14.2 Å². The molecule has 0 heterocycles. The van der Waals surface area contributed by atoms with Crippen LogP contribution in [0.15, 0.2) is 85.1 Å². The number of rotatable bonds is 50. The number of hydrogen-bond donors (Lipinski definition) is 0. The molecule has 6 nitrogen and oxygen atoms in total. The lowest BCUT2D eigenvalue weighted by atomic mass is 10.1. The maximum absolute atomic E-state index is 12.8. The maximum atomic E-state index is 12.8. The highest BCUT2D eigenvalue weighted by Crippen LogP contribution is 2.15. The summed E-state index contributed by atoms with van der Waals surface area (Å²) in [5.74, 6) is -0.959. The monoisotopic (exact) mass is 933 g/mol. The zero-order chi connectivity index (χ0) is 48.6. The van der Waals surface area contributed by atoms with Gasteiger partial charge in [0.1, 0.15) is 13.2 Å². The lowest BCUT2D eigenvalue weighted by Crippen LogP contribution is -2.30. The van der Waals surface area contributed by atoms with E-state index >= 15 is 0 Å². The molecular formula is C61H104O6. The van der Waals surface area contributed by atoms with Gasteiger partial charge in [-0.05, 0) is 89.9 Å². The Morgan fingerprint density at radius 1 is 0.313 bits per heavy atom. The molecule has 6 heteroatoms. The molecule has 0 aliphatic carbocycles. The third kappa shape index (κ3) is 53.4. The van der Waals surface area contributed by atoms with Crippen LogP contribution >= 0.6 is 0 Å². The third-order valence-electron chi connectivity index (χ3n) is 11.9. The highest BCUT2D eigenvalue weighted by Gasteiger charge is 2.19. The van der Waals surface area contributed by atoms with Gasteiger partial charge in [0.15, 0.2) is 6.10 Å². The molecule has 0 bridgehead atoms. The molecule has 0 aromatic rings. The fourth-order valence-electron chi connectivity index (χ4n) is 7.68. The number of carbonyl (C=O) groups is 3. The predicted octanol–water partition coefficient (Wildman–Crippen LogP) is 18.8. The van der Waals surface area contributed by atoms with Crippen molar-refractivity contribution in [2.75, 3.05) is 13.2 Å². The number of allylic oxidation sites excluding steroid dienone is 14. The van der Waals surface area contributed by atoms with Crippen LogP contribution in [-0.4, -0.2) is 37.2 Å². The van der Waals surface area contributed by atoms with E-state index in [0.29, 0.717) is 19.3 Å². The molecular weight excluding hydrogens is 829 g/mol. The number of ether oxygens (including phenoxy) is 3. The maximum Gasteiger partial charge on any atom is 0.306 e. The van der Waals surface area contributed by atoms with Gasteiger partial charge in [-0.1, -0.05) is 241 Å². The zero-order valence-electron chi connectivity index (χ0n) is 43.9. The van der Waals surface area contributed by atoms with E-state index in [1.165, 1.54) is 135 Å². The predicted molar refractivity (Wildman–Crippen MR) is 288 cm³/mol. The van der Waals surface area contributed by atoms with Gasteiger partial charge < -0.3 is 14.2 Å². The van der Waals surface area contributed by atoms with Gasteiger partial charge in [-0.25, -0.2) is 0 Å². The van der Waals surface area contributed by atoms with Gasteiger partial charge in [-0.3, -0.25) is 14.4 Å². The Bertz CT molecular complexity index is 1300. The molecule has 0 aliphatic rings. The first-order valence-corrected chi connectivity index (χ1v) is 28.1. The standard InChI is InChI=1S/C61H104O6/c1-4-7-10-13-16-19-22-24-26-28-29-30-31-33-34-36-39-42-45-48-51-54-60(63)66-57-58(56-65-59(62)53-50-47-44-41-38-21-18-15-12-9-6-3)67-61(64)55-52-49-46-43-40-37-35-32-27-25-23-20-17-14-11-8-5-2/h8,11,17,20,22,24-25,27-29,35,37,43,46,58H,4-7,9-10,12-16,18-19,21,23,26,30-34,36,38-42,44-45,47-57H2,1-3H3/b11-8-,20-17-,24-22-,27-25-,29-28-,37-35-,46-43-. The van der Waals surface area contributed by atoms with E-state index in [1.807, 2.05) is 0 Å². The van der Waals surface area contributed by atoms with Gasteiger partial charge in [-0.2, -0.15) is 0 Å². The van der Waals surface area contributed by atoms with Crippen LogP contribution in [-0.2, 0) is 28.6 Å². The van der Waals surface area contributed by atoms with Crippen molar-refractivity contribution in [3.8, 4) is 0 Å². The molecule has 0 fully saturated rings. The highest BCUT2D eigenvalue weighted by atomic mass is 16.6. The summed E-state index contributed by atoms with van der Waals surface area (Å²) in [4.78, 5) is 38.0. The van der Waals surface area contributed by atoms with Gasteiger partial charge in [0.2, 0.25) is 0 Å². The summed E-state index contributed by atoms with van der Waals surface area (Å²) >= 11 is 0. The average molecular weight is 933 g/mol. The van der Waals surface area contributed by atoms with Crippen molar-refractivity contribution in [3.63, 3.8) is 0 Å². The summed E-state index contributed by atoms with van der Waals surface area (Å²) in [6, 6.07) is 0. The number of hydrogen-bond acceptors (Lipinski definition) is 6. The van der Waals surface area contributed by atoms with Crippen LogP contribution < -0.4 is 0 Å². The highest BCUT2D eigenvalue weighted by molar-refractivity contribution is 5.71. The SMILES string of the molecule is CC/C=C\C/C=C\C/C=C\C/C=C\C/C=C\CCCC(=O)OC(COC(=O)CCCCCCCCCCC/C=C\C/C=C\CCCCCCC)COC(=O)CCCCCCCCCCCCC. The lowest BCUT2D eigenvalue weighted by molar-refractivity contribution is -0.167. The Morgan fingerprint density at radius 3 is 0.955 bits per heavy atom. The quantitative estimate of drug-likeness (QED) is 0.0262. The smallest absolute Gasteiger partial charge is 0.306 e. The molecule has 1 atom stereocenters. The summed E-state index contributed by atoms with van der Waals surface area (Å²) in [5.41, 5.74) is 0. The van der Waals surface area contributed by atoms with Crippen LogP contribution in [0.4, 0.5) is 0 Å². The first kappa shape index (κ1) is 63.6. The van der Waals surface area contributed by atoms with Gasteiger partial charge >= 0.3 is 17.9 Å². The second kappa shape index (κ2) is 55.2. The molecule has 0 N–H and O–H groups in total. The fourth-order valence-corrected chi connectivity index (χ4v) is 7.68. The van der Waals surface area contributed by atoms with Crippen molar-refractivity contribution in [2.45, 2.75) is 271 Å². The van der Waals surface area contributed by atoms with E-state index < -0.39 is 6.10 Å². The minimum absolute atomic E-state index is 0.0989. The Balaban J connectivity index is 4.41. The van der Waals surface area contributed by atoms with Gasteiger partial charge in [0, 0.05) is 19.3 Å².